The molecule has 152 valence electrons. The van der Waals surface area contributed by atoms with Gasteiger partial charge in [0.2, 0.25) is 5.95 Å². The number of fused-ring (bicyclic) bond motifs is 1. The summed E-state index contributed by atoms with van der Waals surface area (Å²) in [6.07, 6.45) is -0.220. The molecule has 0 amide bonds. The first-order chi connectivity index (χ1) is 14.6. The van der Waals surface area contributed by atoms with Crippen molar-refractivity contribution in [3.8, 4) is 11.5 Å². The Bertz CT molecular complexity index is 1150. The van der Waals surface area contributed by atoms with Gasteiger partial charge < -0.3 is 25.0 Å². The van der Waals surface area contributed by atoms with Gasteiger partial charge in [-0.1, -0.05) is 23.7 Å². The maximum absolute atomic E-state index is 9.49. The summed E-state index contributed by atoms with van der Waals surface area (Å²) in [5.74, 6) is 2.25. The average molecular weight is 421 g/mol. The van der Waals surface area contributed by atoms with Crippen molar-refractivity contribution in [2.45, 2.75) is 12.6 Å². The lowest BCUT2D eigenvalue weighted by Crippen LogP contribution is -2.50. The van der Waals surface area contributed by atoms with Gasteiger partial charge in [0.1, 0.15) is 11.5 Å². The Kier molecular flexibility index (Phi) is 4.94. The Balaban J connectivity index is 1.21. The second-order valence-corrected chi connectivity index (χ2v) is 7.84. The predicted octanol–water partition coefficient (Wildman–Crippen LogP) is 4.80. The molecule has 3 N–H and O–H groups in total. The zero-order valence-electron chi connectivity index (χ0n) is 16.2. The van der Waals surface area contributed by atoms with Crippen LogP contribution in [0.1, 0.15) is 5.56 Å². The van der Waals surface area contributed by atoms with E-state index in [2.05, 4.69) is 26.3 Å². The Morgan fingerprint density at radius 3 is 2.43 bits per heavy atom. The van der Waals surface area contributed by atoms with Crippen LogP contribution in [-0.4, -0.2) is 34.3 Å². The fourth-order valence-electron chi connectivity index (χ4n) is 3.44. The van der Waals surface area contributed by atoms with Gasteiger partial charge >= 0.3 is 0 Å². The third kappa shape index (κ3) is 4.06. The first-order valence-corrected chi connectivity index (χ1v) is 10.2. The number of halogens is 1. The molecular formula is C23H21ClN4O2. The first kappa shape index (κ1) is 18.8. The van der Waals surface area contributed by atoms with Gasteiger partial charge in [-0.3, -0.25) is 0 Å². The summed E-state index contributed by atoms with van der Waals surface area (Å²) in [5, 5.41) is 13.5. The number of aliphatic hydroxyl groups excluding tert-OH is 1. The number of nitrogens with zero attached hydrogens (tertiary/aromatic N) is 2. The smallest absolute Gasteiger partial charge is 0.201 e. The second-order valence-electron chi connectivity index (χ2n) is 7.40. The van der Waals surface area contributed by atoms with Crippen LogP contribution >= 0.6 is 11.6 Å². The summed E-state index contributed by atoms with van der Waals surface area (Å²) in [7, 11) is 0. The van der Waals surface area contributed by atoms with Crippen LogP contribution in [0.4, 0.5) is 11.6 Å². The van der Waals surface area contributed by atoms with Gasteiger partial charge in [0.05, 0.1) is 17.1 Å². The molecule has 5 rings (SSSR count). The summed E-state index contributed by atoms with van der Waals surface area (Å²) in [5.41, 5.74) is 4.10. The summed E-state index contributed by atoms with van der Waals surface area (Å²) in [6, 6.07) is 21.3. The van der Waals surface area contributed by atoms with Gasteiger partial charge in [0, 0.05) is 30.3 Å². The van der Waals surface area contributed by atoms with E-state index in [1.807, 2.05) is 48.5 Å². The van der Waals surface area contributed by atoms with Crippen molar-refractivity contribution in [1.29, 1.82) is 0 Å². The molecule has 1 saturated heterocycles. The topological polar surface area (TPSA) is 73.4 Å². The average Bonchev–Trinajstić information content (AvgIpc) is 3.15. The van der Waals surface area contributed by atoms with Crippen LogP contribution in [0.2, 0.25) is 5.02 Å². The summed E-state index contributed by atoms with van der Waals surface area (Å²) >= 11 is 5.90. The molecule has 0 spiro atoms. The third-order valence-electron chi connectivity index (χ3n) is 5.13. The van der Waals surface area contributed by atoms with E-state index in [1.54, 1.807) is 12.1 Å². The molecular weight excluding hydrogens is 400 g/mol. The number of imidazole rings is 1. The van der Waals surface area contributed by atoms with Crippen molar-refractivity contribution in [3.05, 3.63) is 77.3 Å². The molecule has 1 aliphatic rings. The Morgan fingerprint density at radius 2 is 1.73 bits per heavy atom. The summed E-state index contributed by atoms with van der Waals surface area (Å²) in [6.45, 7) is 2.01. The minimum atomic E-state index is -0.220. The number of hydrogen-bond donors (Lipinski definition) is 3. The minimum absolute atomic E-state index is 0.220. The molecule has 0 aliphatic carbocycles. The van der Waals surface area contributed by atoms with Gasteiger partial charge in [-0.05, 0) is 60.2 Å². The van der Waals surface area contributed by atoms with E-state index >= 15 is 0 Å². The number of aromatic nitrogens is 2. The fraction of sp³-hybridized carbons (Fsp3) is 0.174. The normalized spacial score (nSPS) is 14.0. The SMILES string of the molecule is OC1CN(c2ccc3nc(NCc4ccc(Oc5ccc(Cl)cc5)cc4)[nH]c3c2)C1. The molecule has 0 bridgehead atoms. The highest BCUT2D eigenvalue weighted by atomic mass is 35.5. The van der Waals surface area contributed by atoms with Crippen LogP contribution in [0.15, 0.2) is 66.7 Å². The van der Waals surface area contributed by atoms with E-state index in [9.17, 15) is 5.11 Å². The number of aromatic amines is 1. The molecule has 2 heterocycles. The van der Waals surface area contributed by atoms with Gasteiger partial charge in [0.25, 0.3) is 0 Å². The predicted molar refractivity (Wildman–Crippen MR) is 120 cm³/mol. The highest BCUT2D eigenvalue weighted by Crippen LogP contribution is 2.26. The van der Waals surface area contributed by atoms with E-state index in [0.29, 0.717) is 24.7 Å². The molecule has 1 aromatic heterocycles. The highest BCUT2D eigenvalue weighted by molar-refractivity contribution is 6.30. The molecule has 1 aliphatic heterocycles. The quantitative estimate of drug-likeness (QED) is 0.417. The lowest BCUT2D eigenvalue weighted by molar-refractivity contribution is 0.142. The molecule has 0 radical (unpaired) electrons. The fourth-order valence-corrected chi connectivity index (χ4v) is 3.57. The van der Waals surface area contributed by atoms with Crippen molar-refractivity contribution in [3.63, 3.8) is 0 Å². The van der Waals surface area contributed by atoms with E-state index < -0.39 is 0 Å². The van der Waals surface area contributed by atoms with Crippen molar-refractivity contribution >= 4 is 34.3 Å². The largest absolute Gasteiger partial charge is 0.457 e. The van der Waals surface area contributed by atoms with Crippen LogP contribution in [0.3, 0.4) is 0 Å². The molecule has 4 aromatic rings. The number of nitrogens with one attached hydrogen (secondary N) is 2. The van der Waals surface area contributed by atoms with Crippen molar-refractivity contribution in [1.82, 2.24) is 9.97 Å². The maximum Gasteiger partial charge on any atom is 0.201 e. The second kappa shape index (κ2) is 7.89. The molecule has 0 saturated carbocycles. The van der Waals surface area contributed by atoms with Gasteiger partial charge in [0.15, 0.2) is 0 Å². The van der Waals surface area contributed by atoms with Gasteiger partial charge in [-0.25, -0.2) is 4.98 Å². The number of H-pyrrole nitrogens is 1. The number of benzene rings is 3. The molecule has 0 unspecified atom stereocenters. The van der Waals surface area contributed by atoms with Crippen LogP contribution < -0.4 is 15.0 Å². The van der Waals surface area contributed by atoms with Crippen molar-refractivity contribution in [2.24, 2.45) is 0 Å². The molecule has 0 atom stereocenters. The van der Waals surface area contributed by atoms with Gasteiger partial charge in [-0.15, -0.1) is 0 Å². The number of rotatable bonds is 6. The Morgan fingerprint density at radius 1 is 1.03 bits per heavy atom. The van der Waals surface area contributed by atoms with E-state index in [0.717, 1.165) is 39.7 Å². The van der Waals surface area contributed by atoms with Crippen LogP contribution in [0, 0.1) is 0 Å². The Hall–Kier alpha value is -3.22. The van der Waals surface area contributed by atoms with Gasteiger partial charge in [-0.2, -0.15) is 0 Å². The van der Waals surface area contributed by atoms with E-state index in [4.69, 9.17) is 16.3 Å². The summed E-state index contributed by atoms with van der Waals surface area (Å²) < 4.78 is 5.82. The standard InChI is InChI=1S/C23H21ClN4O2/c24-16-3-8-20(9-4-16)30-19-6-1-15(2-7-19)12-25-23-26-21-10-5-17(11-22(21)27-23)28-13-18(29)14-28/h1-11,18,29H,12-14H2,(H2,25,26,27). The van der Waals surface area contributed by atoms with E-state index in [-0.39, 0.29) is 6.10 Å². The molecule has 30 heavy (non-hydrogen) atoms. The molecule has 1 fully saturated rings. The van der Waals surface area contributed by atoms with Crippen molar-refractivity contribution in [2.75, 3.05) is 23.3 Å². The van der Waals surface area contributed by atoms with Crippen LogP contribution in [0.25, 0.3) is 11.0 Å². The number of aliphatic hydroxyl groups is 1. The summed E-state index contributed by atoms with van der Waals surface area (Å²) in [4.78, 5) is 10.1. The highest BCUT2D eigenvalue weighted by Gasteiger charge is 2.24. The monoisotopic (exact) mass is 420 g/mol. The zero-order valence-corrected chi connectivity index (χ0v) is 16.9. The van der Waals surface area contributed by atoms with E-state index in [1.165, 1.54) is 0 Å². The number of β-amino-alcohol motifs (C(OH)–C–C–N with tert-alkyl or cyclic N) is 1. The molecule has 3 aromatic carbocycles. The number of ether oxygens (including phenoxy) is 1. The maximum atomic E-state index is 9.49. The van der Waals surface area contributed by atoms with Crippen LogP contribution in [0.5, 0.6) is 11.5 Å². The minimum Gasteiger partial charge on any atom is -0.457 e. The van der Waals surface area contributed by atoms with Crippen molar-refractivity contribution < 1.29 is 9.84 Å². The molecule has 6 nitrogen and oxygen atoms in total. The first-order valence-electron chi connectivity index (χ1n) is 9.81. The zero-order chi connectivity index (χ0) is 20.5. The third-order valence-corrected chi connectivity index (χ3v) is 5.38. The molecule has 7 heteroatoms. The lowest BCUT2D eigenvalue weighted by Gasteiger charge is -2.37. The Labute approximate surface area is 179 Å². The number of hydrogen-bond acceptors (Lipinski definition) is 5. The lowest BCUT2D eigenvalue weighted by atomic mass is 10.1. The van der Waals surface area contributed by atoms with Crippen LogP contribution in [-0.2, 0) is 6.54 Å². The number of anilines is 2.